The van der Waals surface area contributed by atoms with Gasteiger partial charge in [-0.15, -0.1) is 0 Å². The van der Waals surface area contributed by atoms with Gasteiger partial charge in [0.2, 0.25) is 11.7 Å². The van der Waals surface area contributed by atoms with Crippen LogP contribution in [-0.4, -0.2) is 58.2 Å². The van der Waals surface area contributed by atoms with Gasteiger partial charge in [-0.2, -0.15) is 4.98 Å². The summed E-state index contributed by atoms with van der Waals surface area (Å²) in [5.41, 5.74) is 6.49. The highest BCUT2D eigenvalue weighted by molar-refractivity contribution is 5.88. The molecule has 2 fully saturated rings. The summed E-state index contributed by atoms with van der Waals surface area (Å²) in [5, 5.41) is 6.60. The Labute approximate surface area is 162 Å². The number of benzene rings is 1. The van der Waals surface area contributed by atoms with Crippen LogP contribution >= 0.6 is 0 Å². The number of rotatable bonds is 3. The summed E-state index contributed by atoms with van der Waals surface area (Å²) in [5.74, 6) is 1.11. The monoisotopic (exact) mass is 384 g/mol. The molecule has 0 radical (unpaired) electrons. The summed E-state index contributed by atoms with van der Waals surface area (Å²) in [4.78, 5) is 31.9. The minimum Gasteiger partial charge on any atom is -0.351 e. The van der Waals surface area contributed by atoms with Crippen molar-refractivity contribution in [1.29, 1.82) is 0 Å². The van der Waals surface area contributed by atoms with E-state index in [1.54, 1.807) is 24.3 Å². The van der Waals surface area contributed by atoms with E-state index in [4.69, 9.17) is 10.3 Å². The van der Waals surface area contributed by atoms with Crippen LogP contribution in [0.4, 0.5) is 15.3 Å². The van der Waals surface area contributed by atoms with E-state index in [0.29, 0.717) is 23.9 Å². The van der Waals surface area contributed by atoms with Crippen LogP contribution in [0.1, 0.15) is 37.5 Å². The van der Waals surface area contributed by atoms with Gasteiger partial charge in [0.25, 0.3) is 0 Å². The van der Waals surface area contributed by atoms with Gasteiger partial charge in [0, 0.05) is 37.4 Å². The lowest BCUT2D eigenvalue weighted by Gasteiger charge is -2.33. The first-order chi connectivity index (χ1) is 13.6. The van der Waals surface area contributed by atoms with Gasteiger partial charge in [0.15, 0.2) is 0 Å². The van der Waals surface area contributed by atoms with E-state index in [-0.39, 0.29) is 11.9 Å². The number of urea groups is 2. The minimum absolute atomic E-state index is 0.0531. The molecule has 148 valence electrons. The molecule has 2 aliphatic rings. The highest BCUT2D eigenvalue weighted by Gasteiger charge is 2.31. The third-order valence-corrected chi connectivity index (χ3v) is 5.27. The number of hydrogen-bond donors (Lipinski definition) is 2. The molecule has 1 aromatic carbocycles. The quantitative estimate of drug-likeness (QED) is 0.843. The Morgan fingerprint density at radius 2 is 1.79 bits per heavy atom. The predicted molar refractivity (Wildman–Crippen MR) is 103 cm³/mol. The fourth-order valence-corrected chi connectivity index (χ4v) is 3.82. The third kappa shape index (κ3) is 3.92. The van der Waals surface area contributed by atoms with Gasteiger partial charge < -0.3 is 25.4 Å². The molecule has 2 saturated heterocycles. The summed E-state index contributed by atoms with van der Waals surface area (Å²) in [6, 6.07) is 6.56. The molecular formula is C19H24N6O3. The van der Waals surface area contributed by atoms with Gasteiger partial charge in [0.05, 0.1) is 5.92 Å². The number of piperidine rings is 1. The first-order valence-corrected chi connectivity index (χ1v) is 9.64. The number of likely N-dealkylation sites (tertiary alicyclic amines) is 2. The molecular weight excluding hydrogens is 360 g/mol. The van der Waals surface area contributed by atoms with Crippen LogP contribution in [0, 0.1) is 0 Å². The Hall–Kier alpha value is -3.10. The number of carbonyl (C=O) groups is 2. The van der Waals surface area contributed by atoms with Crippen LogP contribution in [-0.2, 0) is 0 Å². The summed E-state index contributed by atoms with van der Waals surface area (Å²) < 4.78 is 5.50. The minimum atomic E-state index is -0.611. The third-order valence-electron chi connectivity index (χ3n) is 5.27. The lowest BCUT2D eigenvalue weighted by molar-refractivity contribution is 0.142. The van der Waals surface area contributed by atoms with Crippen molar-refractivity contribution in [3.63, 3.8) is 0 Å². The molecule has 28 heavy (non-hydrogen) atoms. The Morgan fingerprint density at radius 3 is 2.50 bits per heavy atom. The molecule has 3 heterocycles. The maximum atomic E-state index is 12.7. The molecule has 9 nitrogen and oxygen atoms in total. The normalized spacial score (nSPS) is 19.6. The fraction of sp³-hybridized carbons (Fsp3) is 0.474. The largest absolute Gasteiger partial charge is 0.351 e. The van der Waals surface area contributed by atoms with E-state index in [1.165, 1.54) is 0 Å². The lowest BCUT2D eigenvalue weighted by Crippen LogP contribution is -2.46. The van der Waals surface area contributed by atoms with Crippen LogP contribution < -0.4 is 11.1 Å². The number of nitrogens with one attached hydrogen (secondary N) is 1. The molecule has 0 aliphatic carbocycles. The second-order valence-corrected chi connectivity index (χ2v) is 7.28. The molecule has 2 aromatic rings. The Balaban J connectivity index is 1.43. The highest BCUT2D eigenvalue weighted by Crippen LogP contribution is 2.29. The summed E-state index contributed by atoms with van der Waals surface area (Å²) in [6.45, 7) is 3.09. The van der Waals surface area contributed by atoms with Crippen molar-refractivity contribution in [3.05, 3.63) is 30.2 Å². The number of nitrogens with zero attached hydrogens (tertiary/aromatic N) is 4. The molecule has 1 atom stereocenters. The molecule has 9 heteroatoms. The molecule has 1 aromatic heterocycles. The summed E-state index contributed by atoms with van der Waals surface area (Å²) in [6.07, 6.45) is 4.02. The zero-order valence-corrected chi connectivity index (χ0v) is 15.6. The topological polar surface area (TPSA) is 118 Å². The van der Waals surface area contributed by atoms with Gasteiger partial charge >= 0.3 is 12.1 Å². The lowest BCUT2D eigenvalue weighted by atomic mass is 9.98. The maximum Gasteiger partial charge on any atom is 0.320 e. The molecule has 4 rings (SSSR count). The van der Waals surface area contributed by atoms with Crippen molar-refractivity contribution in [2.45, 2.75) is 31.6 Å². The Kier molecular flexibility index (Phi) is 5.14. The average Bonchev–Trinajstić information content (AvgIpc) is 3.40. The molecule has 0 bridgehead atoms. The van der Waals surface area contributed by atoms with E-state index in [2.05, 4.69) is 15.5 Å². The predicted octanol–water partition coefficient (Wildman–Crippen LogP) is 2.62. The van der Waals surface area contributed by atoms with Crippen molar-refractivity contribution >= 4 is 17.7 Å². The smallest absolute Gasteiger partial charge is 0.320 e. The summed E-state index contributed by atoms with van der Waals surface area (Å²) >= 11 is 0. The first kappa shape index (κ1) is 18.3. The SMILES string of the molecule is NC(=O)Nc1ccc(-c2noc(C3CCCN(C(=O)N4CCCC4)C3)n2)cc1. The Bertz CT molecular complexity index is 844. The van der Waals surface area contributed by atoms with E-state index in [0.717, 1.165) is 50.9 Å². The van der Waals surface area contributed by atoms with E-state index in [1.807, 2.05) is 9.80 Å². The maximum absolute atomic E-state index is 12.7. The second kappa shape index (κ2) is 7.87. The number of amides is 4. The van der Waals surface area contributed by atoms with Crippen molar-refractivity contribution in [1.82, 2.24) is 19.9 Å². The average molecular weight is 384 g/mol. The van der Waals surface area contributed by atoms with Crippen molar-refractivity contribution < 1.29 is 14.1 Å². The second-order valence-electron chi connectivity index (χ2n) is 7.28. The number of carbonyl (C=O) groups excluding carboxylic acids is 2. The molecule has 0 spiro atoms. The van der Waals surface area contributed by atoms with Crippen LogP contribution in [0.25, 0.3) is 11.4 Å². The fourth-order valence-electron chi connectivity index (χ4n) is 3.82. The molecule has 1 unspecified atom stereocenters. The number of anilines is 1. The van der Waals surface area contributed by atoms with Crippen LogP contribution in [0.15, 0.2) is 28.8 Å². The standard InChI is InChI=1S/C19H24N6O3/c20-18(26)21-15-7-5-13(6-8-15)16-22-17(28-23-16)14-4-3-11-25(12-14)19(27)24-9-1-2-10-24/h5-8,14H,1-4,9-12H2,(H3,20,21,26). The van der Waals surface area contributed by atoms with Crippen LogP contribution in [0.5, 0.6) is 0 Å². The van der Waals surface area contributed by atoms with Crippen molar-refractivity contribution in [3.8, 4) is 11.4 Å². The molecule has 2 aliphatic heterocycles. The number of primary amides is 1. The van der Waals surface area contributed by atoms with Gasteiger partial charge in [-0.05, 0) is 49.9 Å². The van der Waals surface area contributed by atoms with Gasteiger partial charge in [0.1, 0.15) is 0 Å². The zero-order valence-electron chi connectivity index (χ0n) is 15.6. The molecule has 3 N–H and O–H groups in total. The van der Waals surface area contributed by atoms with Gasteiger partial charge in [-0.25, -0.2) is 9.59 Å². The first-order valence-electron chi connectivity index (χ1n) is 9.64. The molecule has 4 amide bonds. The van der Waals surface area contributed by atoms with E-state index < -0.39 is 6.03 Å². The van der Waals surface area contributed by atoms with Crippen molar-refractivity contribution in [2.75, 3.05) is 31.5 Å². The number of nitrogens with two attached hydrogens (primary N) is 1. The van der Waals surface area contributed by atoms with Gasteiger partial charge in [-0.1, -0.05) is 5.16 Å². The Morgan fingerprint density at radius 1 is 1.07 bits per heavy atom. The van der Waals surface area contributed by atoms with Gasteiger partial charge in [-0.3, -0.25) is 0 Å². The van der Waals surface area contributed by atoms with E-state index in [9.17, 15) is 9.59 Å². The summed E-state index contributed by atoms with van der Waals surface area (Å²) in [7, 11) is 0. The number of hydrogen-bond acceptors (Lipinski definition) is 5. The number of aromatic nitrogens is 2. The highest BCUT2D eigenvalue weighted by atomic mass is 16.5. The van der Waals surface area contributed by atoms with E-state index >= 15 is 0 Å². The molecule has 0 saturated carbocycles. The van der Waals surface area contributed by atoms with Crippen molar-refractivity contribution in [2.24, 2.45) is 5.73 Å². The van der Waals surface area contributed by atoms with Crippen LogP contribution in [0.2, 0.25) is 0 Å². The van der Waals surface area contributed by atoms with Crippen LogP contribution in [0.3, 0.4) is 0 Å². The zero-order chi connectivity index (χ0) is 19.5.